The Morgan fingerprint density at radius 3 is 2.68 bits per heavy atom. The molecule has 4 heteroatoms. The van der Waals surface area contributed by atoms with E-state index in [-0.39, 0.29) is 5.92 Å². The summed E-state index contributed by atoms with van der Waals surface area (Å²) >= 11 is 0. The van der Waals surface area contributed by atoms with Crippen molar-refractivity contribution in [3.8, 4) is 0 Å². The van der Waals surface area contributed by atoms with E-state index in [1.807, 2.05) is 12.3 Å². The van der Waals surface area contributed by atoms with Gasteiger partial charge in [-0.3, -0.25) is 4.79 Å². The number of anilines is 1. The van der Waals surface area contributed by atoms with Gasteiger partial charge in [0.15, 0.2) is 0 Å². The summed E-state index contributed by atoms with van der Waals surface area (Å²) in [5.41, 5.74) is 0. The fraction of sp³-hybridized carbons (Fsp3) is 0.619. The smallest absolute Gasteiger partial charge is 0.226 e. The Morgan fingerprint density at radius 1 is 1.24 bits per heavy atom. The topological polar surface area (TPSA) is 36.4 Å². The summed E-state index contributed by atoms with van der Waals surface area (Å²) in [6.45, 7) is 6.00. The minimum Gasteiger partial charge on any atom is -0.357 e. The van der Waals surface area contributed by atoms with Crippen LogP contribution in [0.2, 0.25) is 0 Å². The normalized spacial score (nSPS) is 28.5. The van der Waals surface area contributed by atoms with E-state index in [2.05, 4.69) is 46.0 Å². The lowest BCUT2D eigenvalue weighted by molar-refractivity contribution is -0.136. The van der Waals surface area contributed by atoms with Gasteiger partial charge in [0.25, 0.3) is 0 Å². The minimum atomic E-state index is 0.253. The zero-order valence-corrected chi connectivity index (χ0v) is 15.2. The number of amides is 1. The molecule has 1 amide bonds. The van der Waals surface area contributed by atoms with Crippen molar-refractivity contribution >= 4 is 11.7 Å². The molecule has 3 aliphatic rings. The Labute approximate surface area is 150 Å². The number of aromatic nitrogens is 1. The molecule has 2 aliphatic carbocycles. The van der Waals surface area contributed by atoms with Crippen LogP contribution >= 0.6 is 0 Å². The standard InChI is InChI=1S/C21H29N3O/c1-2-23(21(25)19-14-17-6-7-18(19)13-17)15-16-8-11-24(12-9-16)20-5-3-4-10-22-20/h3-7,10,16-19H,2,8-9,11-15H2,1H3. The lowest BCUT2D eigenvalue weighted by atomic mass is 9.91. The van der Waals surface area contributed by atoms with Gasteiger partial charge in [-0.15, -0.1) is 0 Å². The first-order valence-electron chi connectivity index (χ1n) is 9.87. The second-order valence-corrected chi connectivity index (χ2v) is 7.88. The quantitative estimate of drug-likeness (QED) is 0.772. The molecule has 1 aliphatic heterocycles. The second kappa shape index (κ2) is 7.19. The summed E-state index contributed by atoms with van der Waals surface area (Å²) in [4.78, 5) is 22.0. The molecule has 2 bridgehead atoms. The van der Waals surface area contributed by atoms with Crippen molar-refractivity contribution in [1.82, 2.24) is 9.88 Å². The van der Waals surface area contributed by atoms with Crippen LogP contribution in [0.5, 0.6) is 0 Å². The van der Waals surface area contributed by atoms with E-state index in [0.717, 1.165) is 51.3 Å². The molecule has 4 rings (SSSR count). The molecule has 1 saturated carbocycles. The zero-order valence-electron chi connectivity index (χ0n) is 15.2. The maximum Gasteiger partial charge on any atom is 0.226 e. The number of carbonyl (C=O) groups is 1. The third-order valence-electron chi connectivity index (χ3n) is 6.36. The van der Waals surface area contributed by atoms with Crippen LogP contribution in [-0.4, -0.2) is 42.0 Å². The first-order valence-corrected chi connectivity index (χ1v) is 9.87. The van der Waals surface area contributed by atoms with Crippen LogP contribution in [0.25, 0.3) is 0 Å². The highest BCUT2D eigenvalue weighted by atomic mass is 16.2. The summed E-state index contributed by atoms with van der Waals surface area (Å²) in [6, 6.07) is 6.10. The van der Waals surface area contributed by atoms with Crippen molar-refractivity contribution in [2.45, 2.75) is 32.6 Å². The van der Waals surface area contributed by atoms with Gasteiger partial charge in [-0.1, -0.05) is 18.2 Å². The molecule has 2 fully saturated rings. The predicted octanol–water partition coefficient (Wildman–Crippen LogP) is 3.36. The van der Waals surface area contributed by atoms with Gasteiger partial charge < -0.3 is 9.80 Å². The molecule has 2 heterocycles. The Hall–Kier alpha value is -1.84. The van der Waals surface area contributed by atoms with E-state index >= 15 is 0 Å². The molecule has 134 valence electrons. The molecule has 25 heavy (non-hydrogen) atoms. The molecule has 1 saturated heterocycles. The molecular weight excluding hydrogens is 310 g/mol. The number of allylic oxidation sites excluding steroid dienone is 2. The van der Waals surface area contributed by atoms with Crippen molar-refractivity contribution < 1.29 is 4.79 Å². The van der Waals surface area contributed by atoms with Gasteiger partial charge in [-0.2, -0.15) is 0 Å². The minimum absolute atomic E-state index is 0.253. The second-order valence-electron chi connectivity index (χ2n) is 7.88. The van der Waals surface area contributed by atoms with Gasteiger partial charge >= 0.3 is 0 Å². The number of hydrogen-bond donors (Lipinski definition) is 0. The summed E-state index contributed by atoms with van der Waals surface area (Å²) in [5.74, 6) is 3.54. The van der Waals surface area contributed by atoms with Crippen molar-refractivity contribution in [3.63, 3.8) is 0 Å². The average molecular weight is 339 g/mol. The number of rotatable bonds is 5. The predicted molar refractivity (Wildman–Crippen MR) is 100 cm³/mol. The molecule has 0 spiro atoms. The third-order valence-corrected chi connectivity index (χ3v) is 6.36. The number of fused-ring (bicyclic) bond motifs is 2. The number of pyridine rings is 1. The molecule has 1 aromatic heterocycles. The van der Waals surface area contributed by atoms with Crippen LogP contribution in [0.15, 0.2) is 36.5 Å². The van der Waals surface area contributed by atoms with Gasteiger partial charge in [-0.25, -0.2) is 4.98 Å². The van der Waals surface area contributed by atoms with Crippen LogP contribution in [0.4, 0.5) is 5.82 Å². The van der Waals surface area contributed by atoms with E-state index in [0.29, 0.717) is 23.7 Å². The molecule has 3 atom stereocenters. The summed E-state index contributed by atoms with van der Waals surface area (Å²) in [5, 5.41) is 0. The molecule has 0 radical (unpaired) electrons. The summed E-state index contributed by atoms with van der Waals surface area (Å²) in [7, 11) is 0. The Kier molecular flexibility index (Phi) is 4.78. The van der Waals surface area contributed by atoms with E-state index in [4.69, 9.17) is 0 Å². The van der Waals surface area contributed by atoms with Gasteiger partial charge in [0.2, 0.25) is 5.91 Å². The first-order chi connectivity index (χ1) is 12.2. The van der Waals surface area contributed by atoms with Gasteiger partial charge in [0.05, 0.1) is 0 Å². The Balaban J connectivity index is 1.31. The van der Waals surface area contributed by atoms with E-state index in [9.17, 15) is 4.79 Å². The molecule has 0 aromatic carbocycles. The fourth-order valence-electron chi connectivity index (χ4n) is 4.87. The van der Waals surface area contributed by atoms with Gasteiger partial charge in [0.1, 0.15) is 5.82 Å². The Bertz CT molecular complexity index is 621. The number of nitrogens with zero attached hydrogens (tertiary/aromatic N) is 3. The summed E-state index contributed by atoms with van der Waals surface area (Å²) < 4.78 is 0. The SMILES string of the molecule is CCN(CC1CCN(c2ccccn2)CC1)C(=O)C1CC2C=CC1C2. The van der Waals surface area contributed by atoms with E-state index in [1.165, 1.54) is 6.42 Å². The van der Waals surface area contributed by atoms with Crippen molar-refractivity contribution in [2.75, 3.05) is 31.1 Å². The Morgan fingerprint density at radius 2 is 2.08 bits per heavy atom. The van der Waals surface area contributed by atoms with Crippen LogP contribution < -0.4 is 4.90 Å². The fourth-order valence-corrected chi connectivity index (χ4v) is 4.87. The molecule has 4 nitrogen and oxygen atoms in total. The zero-order chi connectivity index (χ0) is 17.2. The highest BCUT2D eigenvalue weighted by Gasteiger charge is 2.41. The van der Waals surface area contributed by atoms with Crippen LogP contribution in [-0.2, 0) is 4.79 Å². The number of hydrogen-bond acceptors (Lipinski definition) is 3. The van der Waals surface area contributed by atoms with Crippen LogP contribution in [0.1, 0.15) is 32.6 Å². The van der Waals surface area contributed by atoms with Gasteiger partial charge in [-0.05, 0) is 62.5 Å². The number of piperidine rings is 1. The lowest BCUT2D eigenvalue weighted by Crippen LogP contribution is -2.43. The van der Waals surface area contributed by atoms with Crippen molar-refractivity contribution in [3.05, 3.63) is 36.5 Å². The molecule has 0 N–H and O–H groups in total. The van der Waals surface area contributed by atoms with Gasteiger partial charge in [0, 0.05) is 38.3 Å². The maximum absolute atomic E-state index is 13.0. The third kappa shape index (κ3) is 3.44. The lowest BCUT2D eigenvalue weighted by Gasteiger charge is -2.36. The highest BCUT2D eigenvalue weighted by Crippen LogP contribution is 2.44. The van der Waals surface area contributed by atoms with E-state index < -0.39 is 0 Å². The largest absolute Gasteiger partial charge is 0.357 e. The number of carbonyl (C=O) groups excluding carboxylic acids is 1. The molecule has 1 aromatic rings. The van der Waals surface area contributed by atoms with Crippen LogP contribution in [0.3, 0.4) is 0 Å². The van der Waals surface area contributed by atoms with Crippen molar-refractivity contribution in [2.24, 2.45) is 23.7 Å². The first kappa shape index (κ1) is 16.6. The molecule has 3 unspecified atom stereocenters. The van der Waals surface area contributed by atoms with Crippen LogP contribution in [0, 0.1) is 23.7 Å². The van der Waals surface area contributed by atoms with E-state index in [1.54, 1.807) is 0 Å². The maximum atomic E-state index is 13.0. The monoisotopic (exact) mass is 339 g/mol. The highest BCUT2D eigenvalue weighted by molar-refractivity contribution is 5.80. The molecular formula is C21H29N3O. The average Bonchev–Trinajstić information content (AvgIpc) is 3.30. The summed E-state index contributed by atoms with van der Waals surface area (Å²) in [6.07, 6.45) is 11.1. The van der Waals surface area contributed by atoms with Crippen molar-refractivity contribution in [1.29, 1.82) is 0 Å².